The lowest BCUT2D eigenvalue weighted by Crippen LogP contribution is -2.31. The smallest absolute Gasteiger partial charge is 0.326 e. The van der Waals surface area contributed by atoms with Gasteiger partial charge in [-0.1, -0.05) is 26.0 Å². The van der Waals surface area contributed by atoms with Crippen LogP contribution in [0.25, 0.3) is 11.0 Å². The highest BCUT2D eigenvalue weighted by atomic mass is 16.4. The summed E-state index contributed by atoms with van der Waals surface area (Å²) in [7, 11) is 0. The summed E-state index contributed by atoms with van der Waals surface area (Å²) < 4.78 is 0. The van der Waals surface area contributed by atoms with Gasteiger partial charge in [-0.2, -0.15) is 0 Å². The zero-order valence-corrected chi connectivity index (χ0v) is 11.9. The minimum Gasteiger partial charge on any atom is -0.480 e. The molecule has 0 aliphatic rings. The first kappa shape index (κ1) is 14.2. The summed E-state index contributed by atoms with van der Waals surface area (Å²) in [5, 5.41) is 12.3. The SMILES string of the molecule is Cc1nc2ccccc2nc1NC(CC(C)C)C(=O)O. The summed E-state index contributed by atoms with van der Waals surface area (Å²) in [6.07, 6.45) is 0.545. The van der Waals surface area contributed by atoms with Crippen LogP contribution in [-0.4, -0.2) is 27.1 Å². The van der Waals surface area contributed by atoms with E-state index in [0.29, 0.717) is 17.9 Å². The maximum atomic E-state index is 11.3. The number of hydrogen-bond donors (Lipinski definition) is 2. The van der Waals surface area contributed by atoms with Crippen molar-refractivity contribution in [1.29, 1.82) is 0 Å². The predicted molar refractivity (Wildman–Crippen MR) is 78.8 cm³/mol. The predicted octanol–water partition coefficient (Wildman–Crippen LogP) is 2.85. The molecule has 0 radical (unpaired) electrons. The van der Waals surface area contributed by atoms with Crippen molar-refractivity contribution in [2.45, 2.75) is 33.2 Å². The molecule has 1 aromatic carbocycles. The molecular weight excluding hydrogens is 254 g/mol. The topological polar surface area (TPSA) is 75.1 Å². The van der Waals surface area contributed by atoms with Crippen LogP contribution in [0, 0.1) is 12.8 Å². The molecule has 0 saturated heterocycles. The van der Waals surface area contributed by atoms with E-state index >= 15 is 0 Å². The summed E-state index contributed by atoms with van der Waals surface area (Å²) in [5.74, 6) is -0.0397. The average Bonchev–Trinajstić information content (AvgIpc) is 2.38. The summed E-state index contributed by atoms with van der Waals surface area (Å²) in [6, 6.07) is 6.90. The van der Waals surface area contributed by atoms with Gasteiger partial charge in [0.1, 0.15) is 11.9 Å². The first-order valence-corrected chi connectivity index (χ1v) is 6.70. The van der Waals surface area contributed by atoms with Crippen LogP contribution >= 0.6 is 0 Å². The molecule has 0 aliphatic carbocycles. The zero-order valence-electron chi connectivity index (χ0n) is 11.9. The standard InChI is InChI=1S/C15H19N3O2/c1-9(2)8-13(15(19)20)18-14-10(3)16-11-6-4-5-7-12(11)17-14/h4-7,9,13H,8H2,1-3H3,(H,17,18)(H,19,20). The van der Waals surface area contributed by atoms with E-state index in [-0.39, 0.29) is 5.92 Å². The summed E-state index contributed by atoms with van der Waals surface area (Å²) in [6.45, 7) is 5.82. The Morgan fingerprint density at radius 1 is 1.25 bits per heavy atom. The number of anilines is 1. The van der Waals surface area contributed by atoms with Gasteiger partial charge < -0.3 is 10.4 Å². The Bertz CT molecular complexity index is 626. The quantitative estimate of drug-likeness (QED) is 0.876. The highest BCUT2D eigenvalue weighted by molar-refractivity contribution is 5.79. The molecule has 0 bridgehead atoms. The summed E-state index contributed by atoms with van der Waals surface area (Å²) >= 11 is 0. The summed E-state index contributed by atoms with van der Waals surface area (Å²) in [5.41, 5.74) is 2.28. The van der Waals surface area contributed by atoms with E-state index in [1.54, 1.807) is 0 Å². The number of nitrogens with zero attached hydrogens (tertiary/aromatic N) is 2. The van der Waals surface area contributed by atoms with Crippen molar-refractivity contribution in [3.05, 3.63) is 30.0 Å². The average molecular weight is 273 g/mol. The number of carbonyl (C=O) groups is 1. The third-order valence-electron chi connectivity index (χ3n) is 3.06. The molecule has 2 aromatic rings. The van der Waals surface area contributed by atoms with E-state index in [9.17, 15) is 9.90 Å². The maximum Gasteiger partial charge on any atom is 0.326 e. The monoisotopic (exact) mass is 273 g/mol. The highest BCUT2D eigenvalue weighted by Crippen LogP contribution is 2.18. The Kier molecular flexibility index (Phi) is 4.17. The number of aliphatic carboxylic acids is 1. The van der Waals surface area contributed by atoms with E-state index in [1.807, 2.05) is 45.0 Å². The van der Waals surface area contributed by atoms with Gasteiger partial charge in [0.2, 0.25) is 0 Å². The maximum absolute atomic E-state index is 11.3. The first-order chi connectivity index (χ1) is 9.47. The number of para-hydroxylation sites is 2. The fourth-order valence-electron chi connectivity index (χ4n) is 2.08. The molecule has 20 heavy (non-hydrogen) atoms. The molecule has 5 heteroatoms. The molecule has 2 N–H and O–H groups in total. The normalized spacial score (nSPS) is 12.6. The second-order valence-corrected chi connectivity index (χ2v) is 5.31. The molecule has 2 rings (SSSR count). The van der Waals surface area contributed by atoms with Crippen molar-refractivity contribution in [2.24, 2.45) is 5.92 Å². The summed E-state index contributed by atoms with van der Waals surface area (Å²) in [4.78, 5) is 20.2. The van der Waals surface area contributed by atoms with Crippen molar-refractivity contribution >= 4 is 22.8 Å². The van der Waals surface area contributed by atoms with Gasteiger partial charge in [-0.3, -0.25) is 0 Å². The van der Waals surface area contributed by atoms with E-state index in [1.165, 1.54) is 0 Å². The van der Waals surface area contributed by atoms with Crippen LogP contribution in [0.1, 0.15) is 26.0 Å². The van der Waals surface area contributed by atoms with Crippen molar-refractivity contribution < 1.29 is 9.90 Å². The Morgan fingerprint density at radius 2 is 1.85 bits per heavy atom. The van der Waals surface area contributed by atoms with Crippen LogP contribution in [0.2, 0.25) is 0 Å². The van der Waals surface area contributed by atoms with E-state index in [0.717, 1.165) is 11.0 Å². The fraction of sp³-hybridized carbons (Fsp3) is 0.400. The molecule has 0 spiro atoms. The fourth-order valence-corrected chi connectivity index (χ4v) is 2.08. The molecule has 1 unspecified atom stereocenters. The molecule has 1 heterocycles. The molecule has 1 aromatic heterocycles. The Morgan fingerprint density at radius 3 is 2.40 bits per heavy atom. The van der Waals surface area contributed by atoms with E-state index in [4.69, 9.17) is 0 Å². The largest absolute Gasteiger partial charge is 0.480 e. The number of hydrogen-bond acceptors (Lipinski definition) is 4. The third-order valence-corrected chi connectivity index (χ3v) is 3.06. The van der Waals surface area contributed by atoms with Crippen molar-refractivity contribution in [2.75, 3.05) is 5.32 Å². The van der Waals surface area contributed by atoms with Crippen molar-refractivity contribution in [3.63, 3.8) is 0 Å². The number of carboxylic acids is 1. The minimum atomic E-state index is -0.868. The Labute approximate surface area is 118 Å². The third kappa shape index (κ3) is 3.23. The number of rotatable bonds is 5. The van der Waals surface area contributed by atoms with Gasteiger partial charge in [0.15, 0.2) is 0 Å². The van der Waals surface area contributed by atoms with Crippen LogP contribution in [0.5, 0.6) is 0 Å². The number of carboxylic acid groups (broad SMARTS) is 1. The van der Waals surface area contributed by atoms with E-state index in [2.05, 4.69) is 15.3 Å². The van der Waals surface area contributed by atoms with Crippen LogP contribution in [-0.2, 0) is 4.79 Å². The van der Waals surface area contributed by atoms with Gasteiger partial charge in [-0.05, 0) is 31.4 Å². The Balaban J connectivity index is 2.31. The molecule has 0 saturated carbocycles. The van der Waals surface area contributed by atoms with Gasteiger partial charge in [0.25, 0.3) is 0 Å². The van der Waals surface area contributed by atoms with Crippen LogP contribution < -0.4 is 5.32 Å². The zero-order chi connectivity index (χ0) is 14.7. The van der Waals surface area contributed by atoms with Gasteiger partial charge in [-0.15, -0.1) is 0 Å². The van der Waals surface area contributed by atoms with Crippen molar-refractivity contribution in [1.82, 2.24) is 9.97 Å². The number of nitrogens with one attached hydrogen (secondary N) is 1. The number of benzene rings is 1. The van der Waals surface area contributed by atoms with Crippen LogP contribution in [0.4, 0.5) is 5.82 Å². The lowest BCUT2D eigenvalue weighted by Gasteiger charge is -2.18. The molecule has 0 aliphatic heterocycles. The second-order valence-electron chi connectivity index (χ2n) is 5.31. The number of aryl methyl sites for hydroxylation is 1. The molecule has 106 valence electrons. The number of aromatic nitrogens is 2. The van der Waals surface area contributed by atoms with Gasteiger partial charge in [0.05, 0.1) is 16.7 Å². The van der Waals surface area contributed by atoms with Crippen molar-refractivity contribution in [3.8, 4) is 0 Å². The molecular formula is C15H19N3O2. The lowest BCUT2D eigenvalue weighted by molar-refractivity contribution is -0.138. The minimum absolute atomic E-state index is 0.289. The first-order valence-electron chi connectivity index (χ1n) is 6.70. The molecule has 0 fully saturated rings. The number of fused-ring (bicyclic) bond motifs is 1. The van der Waals surface area contributed by atoms with Gasteiger partial charge >= 0.3 is 5.97 Å². The van der Waals surface area contributed by atoms with E-state index < -0.39 is 12.0 Å². The molecule has 1 atom stereocenters. The van der Waals surface area contributed by atoms with Crippen LogP contribution in [0.3, 0.4) is 0 Å². The molecule has 0 amide bonds. The Hall–Kier alpha value is -2.17. The highest BCUT2D eigenvalue weighted by Gasteiger charge is 2.20. The second kappa shape index (κ2) is 5.86. The van der Waals surface area contributed by atoms with Crippen LogP contribution in [0.15, 0.2) is 24.3 Å². The molecule has 5 nitrogen and oxygen atoms in total. The van der Waals surface area contributed by atoms with Gasteiger partial charge in [0, 0.05) is 0 Å². The van der Waals surface area contributed by atoms with Gasteiger partial charge in [-0.25, -0.2) is 14.8 Å². The lowest BCUT2D eigenvalue weighted by atomic mass is 10.0.